The van der Waals surface area contributed by atoms with Crippen molar-refractivity contribution in [3.05, 3.63) is 62.7 Å². The van der Waals surface area contributed by atoms with Gasteiger partial charge in [0.25, 0.3) is 0 Å². The number of thiophene rings is 1. The highest BCUT2D eigenvalue weighted by molar-refractivity contribution is 7.71. The molecule has 1 aromatic carbocycles. The lowest BCUT2D eigenvalue weighted by atomic mass is 9.96. The van der Waals surface area contributed by atoms with Crippen LogP contribution in [0, 0.1) is 21.5 Å². The Balaban J connectivity index is 2.03. The third-order valence-electron chi connectivity index (χ3n) is 4.65. The molecule has 0 saturated carbocycles. The second-order valence-electron chi connectivity index (χ2n) is 6.25. The fraction of sp³-hybridized carbons (Fsp3) is 0.211. The molecule has 0 saturated heterocycles. The van der Waals surface area contributed by atoms with Gasteiger partial charge in [-0.1, -0.05) is 18.2 Å². The van der Waals surface area contributed by atoms with Crippen LogP contribution in [-0.4, -0.2) is 9.13 Å². The van der Waals surface area contributed by atoms with Crippen molar-refractivity contribution in [1.29, 1.82) is 10.7 Å². The Hall–Kier alpha value is -2.69. The summed E-state index contributed by atoms with van der Waals surface area (Å²) in [6.07, 6.45) is 4.18. The van der Waals surface area contributed by atoms with E-state index in [2.05, 4.69) is 6.07 Å². The molecule has 2 heterocycles. The van der Waals surface area contributed by atoms with Crippen molar-refractivity contribution in [3.63, 3.8) is 0 Å². The lowest BCUT2D eigenvalue weighted by Gasteiger charge is -2.15. The van der Waals surface area contributed by atoms with Crippen LogP contribution in [0.1, 0.15) is 28.8 Å². The zero-order valence-electron chi connectivity index (χ0n) is 14.0. The van der Waals surface area contributed by atoms with Crippen LogP contribution in [0.25, 0.3) is 10.7 Å². The molecule has 7 heteroatoms. The molecule has 0 bridgehead atoms. The maximum absolute atomic E-state index is 9.77. The number of benzene rings is 1. The highest BCUT2D eigenvalue weighted by Gasteiger charge is 2.23. The molecule has 130 valence electrons. The van der Waals surface area contributed by atoms with Gasteiger partial charge in [-0.25, -0.2) is 0 Å². The van der Waals surface area contributed by atoms with Crippen LogP contribution in [-0.2, 0) is 12.8 Å². The summed E-state index contributed by atoms with van der Waals surface area (Å²) in [5.74, 6) is 0.377. The zero-order chi connectivity index (χ0) is 18.3. The fourth-order valence-electron chi connectivity index (χ4n) is 3.44. The molecule has 0 radical (unpaired) electrons. The molecule has 0 atom stereocenters. The van der Waals surface area contributed by atoms with E-state index in [1.54, 1.807) is 26.5 Å². The quantitative estimate of drug-likeness (QED) is 0.663. The third kappa shape index (κ3) is 2.59. The first-order chi connectivity index (χ1) is 12.6. The van der Waals surface area contributed by atoms with Crippen molar-refractivity contribution >= 4 is 29.4 Å². The van der Waals surface area contributed by atoms with Gasteiger partial charge in [0.2, 0.25) is 0 Å². The van der Waals surface area contributed by atoms with E-state index in [0.29, 0.717) is 16.2 Å². The molecule has 26 heavy (non-hydrogen) atoms. The monoisotopic (exact) mass is 379 g/mol. The Morgan fingerprint density at radius 3 is 2.62 bits per heavy atom. The number of nitrogen functional groups attached to an aromatic ring is 1. The topological polar surface area (TPSA) is 83.5 Å². The van der Waals surface area contributed by atoms with Gasteiger partial charge in [-0.15, -0.1) is 11.3 Å². The van der Waals surface area contributed by atoms with E-state index in [1.807, 2.05) is 30.3 Å². The Kier molecular flexibility index (Phi) is 4.23. The Morgan fingerprint density at radius 2 is 1.88 bits per heavy atom. The number of anilines is 1. The summed E-state index contributed by atoms with van der Waals surface area (Å²) >= 11 is 7.30. The van der Waals surface area contributed by atoms with Gasteiger partial charge in [-0.2, -0.15) is 5.26 Å². The number of aryl methyl sites for hydroxylation is 1. The van der Waals surface area contributed by atoms with E-state index in [-0.39, 0.29) is 5.49 Å². The number of rotatable bonds is 2. The molecule has 0 spiro atoms. The van der Waals surface area contributed by atoms with Crippen molar-refractivity contribution in [3.8, 4) is 16.8 Å². The minimum Gasteiger partial charge on any atom is -0.385 e. The maximum Gasteiger partial charge on any atom is 0.193 e. The first-order valence-electron chi connectivity index (χ1n) is 8.41. The number of para-hydroxylation sites is 1. The lowest BCUT2D eigenvalue weighted by molar-refractivity contribution is 0.695. The molecule has 1 aliphatic rings. The van der Waals surface area contributed by atoms with Gasteiger partial charge in [0.15, 0.2) is 4.77 Å². The minimum atomic E-state index is 0.217. The summed E-state index contributed by atoms with van der Waals surface area (Å²) in [5, 5.41) is 18.9. The van der Waals surface area contributed by atoms with Gasteiger partial charge in [0, 0.05) is 16.6 Å². The molecule has 0 aliphatic heterocycles. The van der Waals surface area contributed by atoms with Gasteiger partial charge >= 0.3 is 0 Å². The van der Waals surface area contributed by atoms with Crippen LogP contribution in [0.5, 0.6) is 0 Å². The molecular formula is C19H17N5S2. The van der Waals surface area contributed by atoms with E-state index in [9.17, 15) is 5.26 Å². The maximum atomic E-state index is 9.77. The first kappa shape index (κ1) is 16.8. The molecule has 0 unspecified atom stereocenters. The third-order valence-corrected chi connectivity index (χ3v) is 6.29. The highest BCUT2D eigenvalue weighted by Crippen LogP contribution is 2.37. The molecule has 2 aromatic heterocycles. The molecule has 5 nitrogen and oxygen atoms in total. The second kappa shape index (κ2) is 6.56. The smallest absolute Gasteiger partial charge is 0.193 e. The van der Waals surface area contributed by atoms with Gasteiger partial charge in [0.05, 0.1) is 5.56 Å². The average Bonchev–Trinajstić information content (AvgIpc) is 3.00. The van der Waals surface area contributed by atoms with Gasteiger partial charge in [-0.3, -0.25) is 14.5 Å². The highest BCUT2D eigenvalue weighted by atomic mass is 32.1. The summed E-state index contributed by atoms with van der Waals surface area (Å²) in [6, 6.07) is 13.5. The van der Waals surface area contributed by atoms with Gasteiger partial charge < -0.3 is 5.73 Å². The number of fused-ring (bicyclic) bond motifs is 1. The number of hydrogen-bond acceptors (Lipinski definition) is 5. The van der Waals surface area contributed by atoms with Crippen molar-refractivity contribution in [2.45, 2.75) is 25.7 Å². The zero-order valence-corrected chi connectivity index (χ0v) is 15.7. The van der Waals surface area contributed by atoms with E-state index in [1.165, 1.54) is 4.88 Å². The number of nitrogens with zero attached hydrogens (tertiary/aromatic N) is 3. The molecule has 1 aliphatic carbocycles. The number of aromatic nitrogens is 2. The van der Waals surface area contributed by atoms with Crippen LogP contribution in [0.15, 0.2) is 36.4 Å². The van der Waals surface area contributed by atoms with Crippen molar-refractivity contribution < 1.29 is 0 Å². The SMILES string of the molecule is N#Cc1c(-n2c(N)cc(=N)n(-c3ccccc3)c2=S)sc2c1CCCC2. The van der Waals surface area contributed by atoms with E-state index >= 15 is 0 Å². The number of nitriles is 1. The summed E-state index contributed by atoms with van der Waals surface area (Å²) in [7, 11) is 0. The van der Waals surface area contributed by atoms with E-state index in [0.717, 1.165) is 41.9 Å². The normalized spacial score (nSPS) is 13.2. The van der Waals surface area contributed by atoms with Crippen LogP contribution in [0.4, 0.5) is 5.82 Å². The van der Waals surface area contributed by atoms with Crippen molar-refractivity contribution in [2.24, 2.45) is 0 Å². The average molecular weight is 380 g/mol. The van der Waals surface area contributed by atoms with Crippen LogP contribution >= 0.6 is 23.6 Å². The van der Waals surface area contributed by atoms with E-state index in [4.69, 9.17) is 23.4 Å². The summed E-state index contributed by atoms with van der Waals surface area (Å²) in [4.78, 5) is 1.25. The van der Waals surface area contributed by atoms with Crippen molar-refractivity contribution in [1.82, 2.24) is 9.13 Å². The van der Waals surface area contributed by atoms with Crippen LogP contribution < -0.4 is 11.2 Å². The Bertz CT molecular complexity index is 1150. The molecule has 4 rings (SSSR count). The summed E-state index contributed by atoms with van der Waals surface area (Å²) in [5.41, 5.74) is 9.07. The standard InChI is InChI=1S/C19H17N5S2/c20-11-14-13-8-4-5-9-15(13)26-18(14)24-17(22)10-16(21)23(19(24)25)12-6-2-1-3-7-12/h1-3,6-7,10,21H,4-5,8-9,22H2. The van der Waals surface area contributed by atoms with Gasteiger partial charge in [0.1, 0.15) is 22.4 Å². The van der Waals surface area contributed by atoms with Crippen LogP contribution in [0.2, 0.25) is 0 Å². The van der Waals surface area contributed by atoms with Crippen LogP contribution in [0.3, 0.4) is 0 Å². The molecule has 0 amide bonds. The first-order valence-corrected chi connectivity index (χ1v) is 9.64. The number of nitrogens with one attached hydrogen (secondary N) is 1. The molecule has 0 fully saturated rings. The number of nitrogens with two attached hydrogens (primary N) is 1. The number of hydrogen-bond donors (Lipinski definition) is 2. The minimum absolute atomic E-state index is 0.217. The van der Waals surface area contributed by atoms with Crippen molar-refractivity contribution in [2.75, 3.05) is 5.73 Å². The van der Waals surface area contributed by atoms with E-state index < -0.39 is 0 Å². The van der Waals surface area contributed by atoms with Gasteiger partial charge in [-0.05, 0) is 55.6 Å². The lowest BCUT2D eigenvalue weighted by Crippen LogP contribution is -2.24. The summed E-state index contributed by atoms with van der Waals surface area (Å²) in [6.45, 7) is 0. The Morgan fingerprint density at radius 1 is 1.15 bits per heavy atom. The molecular weight excluding hydrogens is 362 g/mol. The second-order valence-corrected chi connectivity index (χ2v) is 7.70. The molecule has 3 N–H and O–H groups in total. The predicted octanol–water partition coefficient (Wildman–Crippen LogP) is 3.87. The Labute approximate surface area is 160 Å². The largest absolute Gasteiger partial charge is 0.385 e. The fourth-order valence-corrected chi connectivity index (χ4v) is 5.26. The summed E-state index contributed by atoms with van der Waals surface area (Å²) < 4.78 is 3.81. The predicted molar refractivity (Wildman–Crippen MR) is 105 cm³/mol. The molecule has 3 aromatic rings.